The first kappa shape index (κ1) is 14.0. The molecule has 6 nitrogen and oxygen atoms in total. The van der Waals surface area contributed by atoms with Gasteiger partial charge in [0.1, 0.15) is 0 Å². The lowest BCUT2D eigenvalue weighted by atomic mass is 9.96. The van der Waals surface area contributed by atoms with Crippen LogP contribution in [0, 0.1) is 15.5 Å². The van der Waals surface area contributed by atoms with Crippen LogP contribution in [0.2, 0.25) is 0 Å². The third-order valence-electron chi connectivity index (χ3n) is 2.25. The van der Waals surface area contributed by atoms with E-state index in [0.29, 0.717) is 6.54 Å². The van der Waals surface area contributed by atoms with Crippen molar-refractivity contribution in [3.05, 3.63) is 33.9 Å². The van der Waals surface area contributed by atoms with Crippen LogP contribution in [0.15, 0.2) is 18.2 Å². The number of anilines is 1. The highest BCUT2D eigenvalue weighted by molar-refractivity contribution is 5.94. The fourth-order valence-corrected chi connectivity index (χ4v) is 1.34. The van der Waals surface area contributed by atoms with E-state index in [1.165, 1.54) is 18.2 Å². The Labute approximate surface area is 105 Å². The molecule has 98 valence electrons. The molecule has 1 rings (SSSR count). The second-order valence-electron chi connectivity index (χ2n) is 5.21. The van der Waals surface area contributed by atoms with E-state index in [9.17, 15) is 14.9 Å². The van der Waals surface area contributed by atoms with Gasteiger partial charge in [-0.25, -0.2) is 4.79 Å². The summed E-state index contributed by atoms with van der Waals surface area (Å²) < 4.78 is 0. The second-order valence-corrected chi connectivity index (χ2v) is 5.21. The zero-order chi connectivity index (χ0) is 13.9. The first-order chi connectivity index (χ1) is 8.20. The van der Waals surface area contributed by atoms with Crippen molar-refractivity contribution in [1.82, 2.24) is 0 Å². The van der Waals surface area contributed by atoms with Gasteiger partial charge in [0, 0.05) is 18.7 Å². The van der Waals surface area contributed by atoms with Crippen LogP contribution in [0.1, 0.15) is 31.1 Å². The maximum Gasteiger partial charge on any atom is 0.337 e. The third-order valence-corrected chi connectivity index (χ3v) is 2.25. The van der Waals surface area contributed by atoms with Gasteiger partial charge in [-0.3, -0.25) is 10.1 Å². The van der Waals surface area contributed by atoms with Gasteiger partial charge in [0.15, 0.2) is 0 Å². The molecule has 0 fully saturated rings. The Morgan fingerprint density at radius 2 is 2.06 bits per heavy atom. The topological polar surface area (TPSA) is 92.5 Å². The number of aromatic carboxylic acids is 1. The van der Waals surface area contributed by atoms with E-state index in [4.69, 9.17) is 5.11 Å². The molecule has 0 heterocycles. The maximum absolute atomic E-state index is 11.0. The maximum atomic E-state index is 11.0. The standard InChI is InChI=1S/C12H16N2O4/c1-12(2,3)7-13-10-6-8(14(17)18)4-5-9(10)11(15)16/h4-6,13H,7H2,1-3H3,(H,15,16). The van der Waals surface area contributed by atoms with Crippen LogP contribution in [0.25, 0.3) is 0 Å². The summed E-state index contributed by atoms with van der Waals surface area (Å²) in [7, 11) is 0. The summed E-state index contributed by atoms with van der Waals surface area (Å²) in [5.41, 5.74) is 0.119. The Balaban J connectivity index is 3.08. The van der Waals surface area contributed by atoms with Crippen molar-refractivity contribution in [2.24, 2.45) is 5.41 Å². The van der Waals surface area contributed by atoms with E-state index in [1.54, 1.807) is 0 Å². The number of rotatable bonds is 4. The predicted octanol–water partition coefficient (Wildman–Crippen LogP) is 2.75. The van der Waals surface area contributed by atoms with E-state index in [-0.39, 0.29) is 22.4 Å². The van der Waals surface area contributed by atoms with Gasteiger partial charge in [-0.2, -0.15) is 0 Å². The molecule has 0 unspecified atom stereocenters. The molecular weight excluding hydrogens is 236 g/mol. The SMILES string of the molecule is CC(C)(C)CNc1cc([N+](=O)[O-])ccc1C(=O)O. The number of non-ortho nitro benzene ring substituents is 1. The minimum absolute atomic E-state index is 0.0323. The largest absolute Gasteiger partial charge is 0.478 e. The van der Waals surface area contributed by atoms with Crippen molar-refractivity contribution in [1.29, 1.82) is 0 Å². The van der Waals surface area contributed by atoms with Crippen LogP contribution in [0.3, 0.4) is 0 Å². The summed E-state index contributed by atoms with van der Waals surface area (Å²) in [5.74, 6) is -1.11. The van der Waals surface area contributed by atoms with Gasteiger partial charge < -0.3 is 10.4 Å². The molecule has 0 amide bonds. The zero-order valence-electron chi connectivity index (χ0n) is 10.6. The van der Waals surface area contributed by atoms with E-state index in [2.05, 4.69) is 5.32 Å². The Kier molecular flexibility index (Phi) is 3.90. The monoisotopic (exact) mass is 252 g/mol. The van der Waals surface area contributed by atoms with Crippen molar-refractivity contribution in [2.45, 2.75) is 20.8 Å². The molecule has 0 aliphatic carbocycles. The molecule has 0 saturated heterocycles. The summed E-state index contributed by atoms with van der Waals surface area (Å²) >= 11 is 0. The molecule has 0 aliphatic heterocycles. The Morgan fingerprint density at radius 1 is 1.44 bits per heavy atom. The van der Waals surface area contributed by atoms with E-state index >= 15 is 0 Å². The fourth-order valence-electron chi connectivity index (χ4n) is 1.34. The molecule has 1 aromatic rings. The number of carboxylic acid groups (broad SMARTS) is 1. The van der Waals surface area contributed by atoms with Gasteiger partial charge in [0.25, 0.3) is 5.69 Å². The molecule has 0 aliphatic rings. The number of nitrogens with zero attached hydrogens (tertiary/aromatic N) is 1. The summed E-state index contributed by atoms with van der Waals surface area (Å²) in [6.07, 6.45) is 0. The molecule has 1 aromatic carbocycles. The summed E-state index contributed by atoms with van der Waals surface area (Å²) in [6.45, 7) is 6.47. The van der Waals surface area contributed by atoms with Gasteiger partial charge in [0.2, 0.25) is 0 Å². The highest BCUT2D eigenvalue weighted by Gasteiger charge is 2.17. The summed E-state index contributed by atoms with van der Waals surface area (Å²) in [4.78, 5) is 21.1. The first-order valence-electron chi connectivity index (χ1n) is 5.46. The summed E-state index contributed by atoms with van der Waals surface area (Å²) in [5, 5.41) is 22.6. The number of nitro benzene ring substituents is 1. The Hall–Kier alpha value is -2.11. The minimum atomic E-state index is -1.11. The van der Waals surface area contributed by atoms with E-state index < -0.39 is 10.9 Å². The molecule has 0 spiro atoms. The number of carbonyl (C=O) groups is 1. The predicted molar refractivity (Wildman–Crippen MR) is 68.0 cm³/mol. The van der Waals surface area contributed by atoms with Crippen molar-refractivity contribution in [2.75, 3.05) is 11.9 Å². The summed E-state index contributed by atoms with van der Waals surface area (Å²) in [6, 6.07) is 3.67. The Morgan fingerprint density at radius 3 is 2.50 bits per heavy atom. The number of hydrogen-bond donors (Lipinski definition) is 2. The number of hydrogen-bond acceptors (Lipinski definition) is 4. The normalized spacial score (nSPS) is 11.1. The van der Waals surface area contributed by atoms with Crippen LogP contribution in [-0.2, 0) is 0 Å². The van der Waals surface area contributed by atoms with E-state index in [1.807, 2.05) is 20.8 Å². The average Bonchev–Trinajstić information content (AvgIpc) is 2.24. The van der Waals surface area contributed by atoms with Gasteiger partial charge in [0.05, 0.1) is 16.2 Å². The zero-order valence-corrected chi connectivity index (χ0v) is 10.6. The molecular formula is C12H16N2O4. The highest BCUT2D eigenvalue weighted by Crippen LogP contribution is 2.24. The molecule has 6 heteroatoms. The van der Waals surface area contributed by atoms with Crippen LogP contribution in [-0.4, -0.2) is 22.5 Å². The molecule has 0 bridgehead atoms. The van der Waals surface area contributed by atoms with Gasteiger partial charge in [-0.05, 0) is 11.5 Å². The molecule has 0 aromatic heterocycles. The third kappa shape index (κ3) is 3.73. The smallest absolute Gasteiger partial charge is 0.337 e. The minimum Gasteiger partial charge on any atom is -0.478 e. The molecule has 18 heavy (non-hydrogen) atoms. The van der Waals surface area contributed by atoms with Gasteiger partial charge in [-0.1, -0.05) is 20.8 Å². The van der Waals surface area contributed by atoms with E-state index in [0.717, 1.165) is 0 Å². The van der Waals surface area contributed by atoms with Crippen molar-refractivity contribution in [3.8, 4) is 0 Å². The highest BCUT2D eigenvalue weighted by atomic mass is 16.6. The number of benzene rings is 1. The van der Waals surface area contributed by atoms with Crippen LogP contribution < -0.4 is 5.32 Å². The molecule has 0 atom stereocenters. The van der Waals surface area contributed by atoms with Crippen LogP contribution >= 0.6 is 0 Å². The Bertz CT molecular complexity index is 477. The second kappa shape index (κ2) is 5.03. The quantitative estimate of drug-likeness (QED) is 0.635. The van der Waals surface area contributed by atoms with Gasteiger partial charge >= 0.3 is 5.97 Å². The number of nitrogens with one attached hydrogen (secondary N) is 1. The number of carboxylic acids is 1. The molecule has 2 N–H and O–H groups in total. The fraction of sp³-hybridized carbons (Fsp3) is 0.417. The average molecular weight is 252 g/mol. The molecule has 0 radical (unpaired) electrons. The lowest BCUT2D eigenvalue weighted by molar-refractivity contribution is -0.384. The van der Waals surface area contributed by atoms with Crippen molar-refractivity contribution >= 4 is 17.3 Å². The number of nitro groups is 1. The van der Waals surface area contributed by atoms with Crippen LogP contribution in [0.5, 0.6) is 0 Å². The van der Waals surface area contributed by atoms with Gasteiger partial charge in [-0.15, -0.1) is 0 Å². The van der Waals surface area contributed by atoms with Crippen molar-refractivity contribution in [3.63, 3.8) is 0 Å². The lowest BCUT2D eigenvalue weighted by Crippen LogP contribution is -2.20. The molecule has 0 saturated carbocycles. The van der Waals surface area contributed by atoms with Crippen LogP contribution in [0.4, 0.5) is 11.4 Å². The lowest BCUT2D eigenvalue weighted by Gasteiger charge is -2.20. The first-order valence-corrected chi connectivity index (χ1v) is 5.46. The van der Waals surface area contributed by atoms with Crippen molar-refractivity contribution < 1.29 is 14.8 Å².